The second-order valence-electron chi connectivity index (χ2n) is 4.78. The molecule has 0 atom stereocenters. The van der Waals surface area contributed by atoms with Crippen molar-refractivity contribution in [3.8, 4) is 0 Å². The Morgan fingerprint density at radius 3 is 2.67 bits per heavy atom. The van der Waals surface area contributed by atoms with Gasteiger partial charge in [0.15, 0.2) is 0 Å². The van der Waals surface area contributed by atoms with Gasteiger partial charge < -0.3 is 9.53 Å². The number of nitrogens with zero attached hydrogens (tertiary/aromatic N) is 1. The molecule has 122 valence electrons. The fraction of sp³-hybridized carbons (Fsp3) is 0.100. The molecule has 0 aliphatic heterocycles. The second kappa shape index (κ2) is 10.8. The summed E-state index contributed by atoms with van der Waals surface area (Å²) in [4.78, 5) is 16.7. The van der Waals surface area contributed by atoms with Crippen molar-refractivity contribution in [3.63, 3.8) is 0 Å². The molecule has 1 aromatic rings. The van der Waals surface area contributed by atoms with Gasteiger partial charge in [0, 0.05) is 0 Å². The Labute approximate surface area is 144 Å². The highest BCUT2D eigenvalue weighted by Crippen LogP contribution is 2.00. The van der Waals surface area contributed by atoms with Crippen LogP contribution in [0, 0.1) is 0 Å². The van der Waals surface area contributed by atoms with Crippen molar-refractivity contribution >= 4 is 25.1 Å². The lowest BCUT2D eigenvalue weighted by molar-refractivity contribution is 0.106. The van der Waals surface area contributed by atoms with Gasteiger partial charge in [-0.3, -0.25) is 0 Å². The summed E-state index contributed by atoms with van der Waals surface area (Å²) in [7, 11) is 0.242. The third kappa shape index (κ3) is 6.09. The lowest BCUT2D eigenvalue weighted by Gasteiger charge is -2.05. The van der Waals surface area contributed by atoms with Crippen LogP contribution in [0.2, 0.25) is 0 Å². The Morgan fingerprint density at radius 1 is 1.25 bits per heavy atom. The number of allylic oxidation sites excluding steroid dienone is 6. The van der Waals surface area contributed by atoms with Gasteiger partial charge in [-0.1, -0.05) is 56.2 Å². The fourth-order valence-corrected chi connectivity index (χ4v) is 1.95. The number of aromatic nitrogens is 1. The minimum Gasteiger partial charge on any atom is -0.502 e. The van der Waals surface area contributed by atoms with Crippen LogP contribution in [0.25, 0.3) is 12.2 Å². The van der Waals surface area contributed by atoms with Crippen LogP contribution in [-0.4, -0.2) is 24.5 Å². The maximum Gasteiger partial charge on any atom is 0.259 e. The molecule has 0 bridgehead atoms. The van der Waals surface area contributed by atoms with Gasteiger partial charge in [-0.2, -0.15) is 0 Å². The van der Waals surface area contributed by atoms with E-state index in [1.807, 2.05) is 19.1 Å². The maximum absolute atomic E-state index is 12.3. The van der Waals surface area contributed by atoms with Crippen molar-refractivity contribution in [3.05, 3.63) is 90.3 Å². The van der Waals surface area contributed by atoms with Crippen molar-refractivity contribution in [2.24, 2.45) is 0 Å². The zero-order valence-electron chi connectivity index (χ0n) is 14.1. The lowest BCUT2D eigenvalue weighted by atomic mass is 9.73. The van der Waals surface area contributed by atoms with E-state index in [-0.39, 0.29) is 19.5 Å². The van der Waals surface area contributed by atoms with Crippen molar-refractivity contribution < 1.29 is 9.53 Å². The summed E-state index contributed by atoms with van der Waals surface area (Å²) in [5.74, 6) is 0.627. The van der Waals surface area contributed by atoms with E-state index in [9.17, 15) is 4.79 Å². The molecule has 24 heavy (non-hydrogen) atoms. The lowest BCUT2D eigenvalue weighted by Crippen LogP contribution is -2.31. The number of hydrogen-bond donors (Lipinski definition) is 0. The Bertz CT molecular complexity index is 788. The van der Waals surface area contributed by atoms with E-state index < -0.39 is 0 Å². The molecule has 3 nitrogen and oxygen atoms in total. The Kier molecular flexibility index (Phi) is 8.62. The predicted octanol–water partition coefficient (Wildman–Crippen LogP) is 2.21. The first-order chi connectivity index (χ1) is 11.7. The maximum atomic E-state index is 12.3. The molecule has 0 saturated carbocycles. The zero-order valence-corrected chi connectivity index (χ0v) is 14.1. The van der Waals surface area contributed by atoms with E-state index in [4.69, 9.17) is 4.74 Å². The minimum absolute atomic E-state index is 0.0676. The number of ether oxygens (including phenoxy) is 1. The molecule has 1 heterocycles. The first kappa shape index (κ1) is 19.2. The first-order valence-corrected chi connectivity index (χ1v) is 7.70. The van der Waals surface area contributed by atoms with Crippen molar-refractivity contribution in [2.75, 3.05) is 6.51 Å². The summed E-state index contributed by atoms with van der Waals surface area (Å²) in [6, 6.07) is 3.61. The quantitative estimate of drug-likeness (QED) is 0.398. The normalized spacial score (nSPS) is 13.0. The van der Waals surface area contributed by atoms with Crippen LogP contribution in [0.15, 0.2) is 74.1 Å². The van der Waals surface area contributed by atoms with Crippen molar-refractivity contribution in [1.29, 1.82) is 0 Å². The largest absolute Gasteiger partial charge is 0.502 e. The highest BCUT2D eigenvalue weighted by atomic mass is 16.5. The Balaban J connectivity index is 2.80. The molecule has 0 radical (unpaired) electrons. The third-order valence-corrected chi connectivity index (χ3v) is 3.11. The van der Waals surface area contributed by atoms with Crippen LogP contribution >= 0.6 is 0 Å². The first-order valence-electron chi connectivity index (χ1n) is 7.70. The standard InChI is InChI=1S/C20H22BNO2/c1-5-9-12-17(10-6-2)24-15-21-20(23)19-14-13-16(8-4)18(22-19)11-7-3/h5-14,21H,1-3,15H2,4H3/b12-9-,16-8-,17-10+,18-11+. The molecule has 0 spiro atoms. The molecule has 4 heteroatoms. The Hall–Kier alpha value is -2.88. The van der Waals surface area contributed by atoms with Gasteiger partial charge >= 0.3 is 0 Å². The number of carbonyl (C=O) groups excluding carboxylic acids is 1. The van der Waals surface area contributed by atoms with Crippen LogP contribution in [0.1, 0.15) is 17.4 Å². The molecule has 0 aliphatic rings. The molecule has 0 unspecified atom stereocenters. The molecule has 0 aliphatic carbocycles. The predicted molar refractivity (Wildman–Crippen MR) is 103 cm³/mol. The van der Waals surface area contributed by atoms with Crippen molar-refractivity contribution in [2.45, 2.75) is 6.92 Å². The van der Waals surface area contributed by atoms with E-state index in [0.29, 0.717) is 11.5 Å². The van der Waals surface area contributed by atoms with E-state index in [2.05, 4.69) is 24.7 Å². The van der Waals surface area contributed by atoms with Crippen molar-refractivity contribution in [1.82, 2.24) is 4.98 Å². The van der Waals surface area contributed by atoms with Crippen LogP contribution in [0.5, 0.6) is 0 Å². The molecule has 1 aromatic heterocycles. The summed E-state index contributed by atoms with van der Waals surface area (Å²) in [6.07, 6.45) is 13.9. The van der Waals surface area contributed by atoms with Gasteiger partial charge in [0.25, 0.3) is 7.28 Å². The molecule has 0 aromatic carbocycles. The van der Waals surface area contributed by atoms with Gasteiger partial charge in [-0.05, 0) is 36.4 Å². The van der Waals surface area contributed by atoms with Crippen LogP contribution in [-0.2, 0) is 4.74 Å². The van der Waals surface area contributed by atoms with Gasteiger partial charge in [-0.25, -0.2) is 4.98 Å². The van der Waals surface area contributed by atoms with E-state index in [0.717, 1.165) is 10.6 Å². The molecule has 0 fully saturated rings. The fourth-order valence-electron chi connectivity index (χ4n) is 1.95. The van der Waals surface area contributed by atoms with Crippen LogP contribution in [0.3, 0.4) is 0 Å². The zero-order chi connectivity index (χ0) is 17.8. The number of carbonyl (C=O) groups is 1. The second-order valence-corrected chi connectivity index (χ2v) is 4.78. The summed E-state index contributed by atoms with van der Waals surface area (Å²) in [5, 5.41) is 1.70. The Morgan fingerprint density at radius 2 is 2.04 bits per heavy atom. The molecule has 1 rings (SSSR count). The van der Waals surface area contributed by atoms with Gasteiger partial charge in [0.2, 0.25) is 0 Å². The van der Waals surface area contributed by atoms with E-state index >= 15 is 0 Å². The molecule has 0 saturated heterocycles. The van der Waals surface area contributed by atoms with Gasteiger partial charge in [-0.15, -0.1) is 0 Å². The smallest absolute Gasteiger partial charge is 0.259 e. The minimum atomic E-state index is -0.0676. The van der Waals surface area contributed by atoms with Gasteiger partial charge in [0.1, 0.15) is 11.4 Å². The average molecular weight is 319 g/mol. The number of pyridine rings is 1. The molecular formula is C20H22BNO2. The molecule has 0 amide bonds. The van der Waals surface area contributed by atoms with Gasteiger partial charge in [0.05, 0.1) is 17.5 Å². The summed E-state index contributed by atoms with van der Waals surface area (Å²) >= 11 is 0. The van der Waals surface area contributed by atoms with E-state index in [1.54, 1.807) is 48.6 Å². The average Bonchev–Trinajstić information content (AvgIpc) is 2.59. The molecule has 0 N–H and O–H groups in total. The summed E-state index contributed by atoms with van der Waals surface area (Å²) in [6.45, 7) is 13.1. The summed E-state index contributed by atoms with van der Waals surface area (Å²) in [5.41, 5.74) is 0.357. The summed E-state index contributed by atoms with van der Waals surface area (Å²) < 4.78 is 5.58. The third-order valence-electron chi connectivity index (χ3n) is 3.11. The SMILES string of the molecule is C=C/C=C\C(=C/C=C)OCBC(=O)c1ccc(=C/C)/c(=C\C=C)n1. The molecular weight excluding hydrogens is 297 g/mol. The monoisotopic (exact) mass is 319 g/mol. The highest BCUT2D eigenvalue weighted by molar-refractivity contribution is 6.77. The number of rotatable bonds is 9. The topological polar surface area (TPSA) is 39.2 Å². The highest BCUT2D eigenvalue weighted by Gasteiger charge is 2.10. The van der Waals surface area contributed by atoms with Crippen LogP contribution in [0.4, 0.5) is 0 Å². The number of hydrogen-bond acceptors (Lipinski definition) is 3. The van der Waals surface area contributed by atoms with Crippen LogP contribution < -0.4 is 10.6 Å². The van der Waals surface area contributed by atoms with E-state index in [1.165, 1.54) is 0 Å².